The van der Waals surface area contributed by atoms with Crippen LogP contribution in [0.2, 0.25) is 0 Å². The summed E-state index contributed by atoms with van der Waals surface area (Å²) in [5.74, 6) is -1.57. The molecule has 0 aliphatic carbocycles. The summed E-state index contributed by atoms with van der Waals surface area (Å²) in [4.78, 5) is 22.3. The van der Waals surface area contributed by atoms with Crippen molar-refractivity contribution < 1.29 is 27.5 Å². The zero-order valence-corrected chi connectivity index (χ0v) is 10.2. The molecule has 6 nitrogen and oxygen atoms in total. The third-order valence-corrected chi connectivity index (χ3v) is 2.29. The number of aryl methyl sites for hydroxylation is 1. The molecule has 0 unspecified atom stereocenters. The lowest BCUT2D eigenvalue weighted by atomic mass is 10.1. The fourth-order valence-electron chi connectivity index (χ4n) is 1.40. The number of aromatic nitrogens is 2. The number of hydrogen-bond donors (Lipinski definition) is 2. The third kappa shape index (κ3) is 3.70. The maximum Gasteiger partial charge on any atom is 0.420 e. The predicted octanol–water partition coefficient (Wildman–Crippen LogP) is 1.03. The average molecular weight is 279 g/mol. The number of ether oxygens (including phenoxy) is 1. The van der Waals surface area contributed by atoms with Crippen molar-refractivity contribution in [2.75, 3.05) is 13.7 Å². The zero-order valence-electron chi connectivity index (χ0n) is 10.2. The molecule has 106 valence electrons. The molecule has 1 amide bonds. The summed E-state index contributed by atoms with van der Waals surface area (Å²) in [5.41, 5.74) is -2.09. The van der Waals surface area contributed by atoms with Gasteiger partial charge in [0.25, 0.3) is 5.91 Å². The number of carbonyl (C=O) groups is 2. The largest absolute Gasteiger partial charge is 0.469 e. The molecule has 1 heterocycles. The van der Waals surface area contributed by atoms with Crippen molar-refractivity contribution in [3.05, 3.63) is 17.0 Å². The van der Waals surface area contributed by atoms with E-state index in [1.807, 2.05) is 0 Å². The van der Waals surface area contributed by atoms with Crippen LogP contribution in [-0.2, 0) is 15.7 Å². The summed E-state index contributed by atoms with van der Waals surface area (Å²) in [7, 11) is 1.17. The van der Waals surface area contributed by atoms with Crippen LogP contribution in [0.1, 0.15) is 28.2 Å². The van der Waals surface area contributed by atoms with E-state index < -0.39 is 29.3 Å². The van der Waals surface area contributed by atoms with Gasteiger partial charge in [0.15, 0.2) is 5.69 Å². The minimum Gasteiger partial charge on any atom is -0.469 e. The van der Waals surface area contributed by atoms with Crippen molar-refractivity contribution in [3.8, 4) is 0 Å². The Balaban J connectivity index is 2.76. The van der Waals surface area contributed by atoms with Crippen LogP contribution in [0, 0.1) is 6.92 Å². The molecular formula is C10H12F3N3O3. The van der Waals surface area contributed by atoms with Gasteiger partial charge in [-0.25, -0.2) is 0 Å². The van der Waals surface area contributed by atoms with Crippen molar-refractivity contribution in [1.29, 1.82) is 0 Å². The van der Waals surface area contributed by atoms with Gasteiger partial charge >= 0.3 is 12.1 Å². The quantitative estimate of drug-likeness (QED) is 0.806. The summed E-state index contributed by atoms with van der Waals surface area (Å²) >= 11 is 0. The van der Waals surface area contributed by atoms with E-state index in [9.17, 15) is 22.8 Å². The number of amides is 1. The van der Waals surface area contributed by atoms with E-state index in [2.05, 4.69) is 20.3 Å². The van der Waals surface area contributed by atoms with Crippen LogP contribution >= 0.6 is 0 Å². The van der Waals surface area contributed by atoms with Gasteiger partial charge in [-0.05, 0) is 6.92 Å². The van der Waals surface area contributed by atoms with Gasteiger partial charge in [0.1, 0.15) is 5.56 Å². The maximum absolute atomic E-state index is 12.7. The first-order valence-electron chi connectivity index (χ1n) is 5.24. The van der Waals surface area contributed by atoms with Crippen LogP contribution in [-0.4, -0.2) is 35.7 Å². The van der Waals surface area contributed by atoms with Crippen LogP contribution in [0.4, 0.5) is 13.2 Å². The number of methoxy groups -OCH3 is 1. The summed E-state index contributed by atoms with van der Waals surface area (Å²) in [6.45, 7) is 1.04. The highest BCUT2D eigenvalue weighted by atomic mass is 19.4. The molecule has 0 saturated heterocycles. The zero-order chi connectivity index (χ0) is 14.6. The van der Waals surface area contributed by atoms with E-state index >= 15 is 0 Å². The summed E-state index contributed by atoms with van der Waals surface area (Å²) < 4.78 is 42.4. The molecule has 0 fully saturated rings. The molecule has 0 saturated carbocycles. The minimum atomic E-state index is -4.67. The van der Waals surface area contributed by atoms with Crippen LogP contribution in [0.5, 0.6) is 0 Å². The van der Waals surface area contributed by atoms with Crippen molar-refractivity contribution >= 4 is 11.9 Å². The molecule has 0 atom stereocenters. The number of alkyl halides is 3. The predicted molar refractivity (Wildman–Crippen MR) is 57.3 cm³/mol. The number of hydrogen-bond acceptors (Lipinski definition) is 4. The number of aromatic amines is 1. The fourth-order valence-corrected chi connectivity index (χ4v) is 1.40. The highest BCUT2D eigenvalue weighted by Crippen LogP contribution is 2.33. The maximum atomic E-state index is 12.7. The Bertz CT molecular complexity index is 482. The minimum absolute atomic E-state index is 0.130. The van der Waals surface area contributed by atoms with Gasteiger partial charge in [0.05, 0.1) is 13.5 Å². The molecule has 2 N–H and O–H groups in total. The molecule has 0 aromatic carbocycles. The third-order valence-electron chi connectivity index (χ3n) is 2.29. The lowest BCUT2D eigenvalue weighted by molar-refractivity contribution is -0.140. The number of esters is 1. The number of H-pyrrole nitrogens is 1. The molecule has 0 radical (unpaired) electrons. The Kier molecular flexibility index (Phi) is 4.52. The standard InChI is InChI=1S/C10H12F3N3O3/c1-5-7(10(11,12)13)8(16-15-5)9(18)14-4-3-6(17)19-2/h3-4H2,1-2H3,(H,14,18)(H,15,16). The van der Waals surface area contributed by atoms with E-state index in [0.29, 0.717) is 0 Å². The molecule has 1 aromatic heterocycles. The van der Waals surface area contributed by atoms with Crippen LogP contribution in [0.25, 0.3) is 0 Å². The van der Waals surface area contributed by atoms with Crippen molar-refractivity contribution in [3.63, 3.8) is 0 Å². The lowest BCUT2D eigenvalue weighted by Crippen LogP contribution is -2.28. The Morgan fingerprint density at radius 2 is 2.05 bits per heavy atom. The van der Waals surface area contributed by atoms with E-state index in [1.165, 1.54) is 14.0 Å². The average Bonchev–Trinajstić information content (AvgIpc) is 2.70. The van der Waals surface area contributed by atoms with Crippen molar-refractivity contribution in [2.24, 2.45) is 0 Å². The molecule has 0 bridgehead atoms. The summed E-state index contributed by atoms with van der Waals surface area (Å²) in [5, 5.41) is 7.61. The van der Waals surface area contributed by atoms with E-state index in [0.717, 1.165) is 0 Å². The summed E-state index contributed by atoms with van der Waals surface area (Å²) in [6.07, 6.45) is -4.81. The SMILES string of the molecule is COC(=O)CCNC(=O)c1n[nH]c(C)c1C(F)(F)F. The Morgan fingerprint density at radius 1 is 1.42 bits per heavy atom. The van der Waals surface area contributed by atoms with Gasteiger partial charge in [-0.2, -0.15) is 18.3 Å². The lowest BCUT2D eigenvalue weighted by Gasteiger charge is -2.08. The van der Waals surface area contributed by atoms with Gasteiger partial charge in [-0.1, -0.05) is 0 Å². The van der Waals surface area contributed by atoms with Crippen molar-refractivity contribution in [2.45, 2.75) is 19.5 Å². The Labute approximate surface area is 106 Å². The first-order valence-corrected chi connectivity index (χ1v) is 5.24. The van der Waals surface area contributed by atoms with E-state index in [1.54, 1.807) is 0 Å². The second-order valence-corrected chi connectivity index (χ2v) is 3.65. The van der Waals surface area contributed by atoms with Gasteiger partial charge in [0, 0.05) is 12.2 Å². The number of carbonyl (C=O) groups excluding carboxylic acids is 2. The highest BCUT2D eigenvalue weighted by Gasteiger charge is 2.39. The first kappa shape index (κ1) is 15.0. The fraction of sp³-hybridized carbons (Fsp3) is 0.500. The molecule has 0 aliphatic rings. The first-order chi connectivity index (χ1) is 8.77. The highest BCUT2D eigenvalue weighted by molar-refractivity contribution is 5.94. The van der Waals surface area contributed by atoms with Crippen molar-refractivity contribution in [1.82, 2.24) is 15.5 Å². The second kappa shape index (κ2) is 5.72. The molecule has 1 rings (SSSR count). The Hall–Kier alpha value is -2.06. The molecule has 0 spiro atoms. The number of nitrogens with zero attached hydrogens (tertiary/aromatic N) is 1. The topological polar surface area (TPSA) is 84.1 Å². The Morgan fingerprint density at radius 3 is 2.58 bits per heavy atom. The molecular weight excluding hydrogens is 267 g/mol. The van der Waals surface area contributed by atoms with Crippen LogP contribution in [0.3, 0.4) is 0 Å². The molecule has 9 heteroatoms. The van der Waals surface area contributed by atoms with Gasteiger partial charge < -0.3 is 10.1 Å². The van der Waals surface area contributed by atoms with Crippen LogP contribution < -0.4 is 5.32 Å². The van der Waals surface area contributed by atoms with E-state index in [-0.39, 0.29) is 18.7 Å². The van der Waals surface area contributed by atoms with Gasteiger partial charge in [0.2, 0.25) is 0 Å². The number of halogens is 3. The molecule has 1 aromatic rings. The monoisotopic (exact) mass is 279 g/mol. The number of nitrogens with one attached hydrogen (secondary N) is 2. The molecule has 19 heavy (non-hydrogen) atoms. The summed E-state index contributed by atoms with van der Waals surface area (Å²) in [6, 6.07) is 0. The number of rotatable bonds is 4. The van der Waals surface area contributed by atoms with E-state index in [4.69, 9.17) is 0 Å². The second-order valence-electron chi connectivity index (χ2n) is 3.65. The normalized spacial score (nSPS) is 11.2. The molecule has 0 aliphatic heterocycles. The smallest absolute Gasteiger partial charge is 0.420 e. The van der Waals surface area contributed by atoms with Gasteiger partial charge in [-0.3, -0.25) is 14.7 Å². The van der Waals surface area contributed by atoms with Crippen LogP contribution in [0.15, 0.2) is 0 Å². The van der Waals surface area contributed by atoms with Gasteiger partial charge in [-0.15, -0.1) is 0 Å².